The summed E-state index contributed by atoms with van der Waals surface area (Å²) in [5.41, 5.74) is 3.09. The molecule has 10 nitrogen and oxygen atoms in total. The van der Waals surface area contributed by atoms with Gasteiger partial charge in [0.05, 0.1) is 23.3 Å². The van der Waals surface area contributed by atoms with Crippen molar-refractivity contribution in [1.29, 1.82) is 0 Å². The molecule has 5 rings (SSSR count). The van der Waals surface area contributed by atoms with Crippen LogP contribution in [0.15, 0.2) is 85.7 Å². The fourth-order valence-corrected chi connectivity index (χ4v) is 3.87. The number of imidazole rings is 1. The minimum atomic E-state index is -4.60. The SMILES string of the molecule is CC(=O)O.Cc1cn(-c2cc(NC(=O)c3ccc(C)c(Nc4nccc(-c5cccnc5)n4)c3)cc(C(F)(F)F)c2)cn1. The number of aliphatic carboxylic acids is 1. The number of halogens is 3. The van der Waals surface area contributed by atoms with E-state index in [1.54, 1.807) is 62.0 Å². The van der Waals surface area contributed by atoms with Gasteiger partial charge in [-0.1, -0.05) is 6.07 Å². The van der Waals surface area contributed by atoms with Gasteiger partial charge in [0, 0.05) is 59.9 Å². The third kappa shape index (κ3) is 8.22. The smallest absolute Gasteiger partial charge is 0.416 e. The number of rotatable bonds is 6. The molecule has 0 atom stereocenters. The number of carboxylic acids is 1. The Bertz CT molecular complexity index is 1750. The lowest BCUT2D eigenvalue weighted by Crippen LogP contribution is -2.14. The zero-order valence-corrected chi connectivity index (χ0v) is 23.2. The Labute approximate surface area is 244 Å². The van der Waals surface area contributed by atoms with Crippen molar-refractivity contribution in [3.05, 3.63) is 108 Å². The Morgan fingerprint density at radius 3 is 2.40 bits per heavy atom. The minimum absolute atomic E-state index is 0.00114. The number of pyridine rings is 1. The number of amides is 1. The van der Waals surface area contributed by atoms with Crippen molar-refractivity contribution in [2.24, 2.45) is 0 Å². The molecule has 0 aliphatic heterocycles. The molecule has 0 saturated heterocycles. The molecule has 2 aromatic carbocycles. The van der Waals surface area contributed by atoms with Gasteiger partial charge in [-0.05, 0) is 67.9 Å². The highest BCUT2D eigenvalue weighted by molar-refractivity contribution is 6.05. The quantitative estimate of drug-likeness (QED) is 0.206. The van der Waals surface area contributed by atoms with Gasteiger partial charge in [0.1, 0.15) is 0 Å². The first-order chi connectivity index (χ1) is 20.4. The van der Waals surface area contributed by atoms with E-state index in [-0.39, 0.29) is 16.9 Å². The molecular formula is C30H26F3N7O3. The Morgan fingerprint density at radius 2 is 1.74 bits per heavy atom. The lowest BCUT2D eigenvalue weighted by molar-refractivity contribution is -0.137. The number of benzene rings is 2. The normalized spacial score (nSPS) is 10.8. The highest BCUT2D eigenvalue weighted by Gasteiger charge is 2.31. The molecule has 0 aliphatic carbocycles. The number of aryl methyl sites for hydroxylation is 2. The largest absolute Gasteiger partial charge is 0.481 e. The Kier molecular flexibility index (Phi) is 9.14. The van der Waals surface area contributed by atoms with Crippen molar-refractivity contribution in [2.75, 3.05) is 10.6 Å². The van der Waals surface area contributed by atoms with Crippen molar-refractivity contribution in [2.45, 2.75) is 26.9 Å². The summed E-state index contributed by atoms with van der Waals surface area (Å²) in [7, 11) is 0. The van der Waals surface area contributed by atoms with E-state index in [1.807, 2.05) is 13.0 Å². The number of aromatic nitrogens is 5. The molecule has 5 aromatic rings. The third-order valence-electron chi connectivity index (χ3n) is 5.87. The molecule has 0 saturated carbocycles. The maximum Gasteiger partial charge on any atom is 0.416 e. The summed E-state index contributed by atoms with van der Waals surface area (Å²) in [5.74, 6) is -1.09. The second-order valence-corrected chi connectivity index (χ2v) is 9.32. The molecule has 220 valence electrons. The minimum Gasteiger partial charge on any atom is -0.481 e. The molecule has 0 bridgehead atoms. The molecule has 13 heteroatoms. The average Bonchev–Trinajstić information content (AvgIpc) is 3.40. The van der Waals surface area contributed by atoms with Gasteiger partial charge in [0.15, 0.2) is 0 Å². The number of nitrogens with zero attached hydrogens (tertiary/aromatic N) is 5. The van der Waals surface area contributed by atoms with Crippen LogP contribution in [0.1, 0.15) is 34.1 Å². The summed E-state index contributed by atoms with van der Waals surface area (Å²) in [4.78, 5) is 39.1. The van der Waals surface area contributed by atoms with Crippen LogP contribution >= 0.6 is 0 Å². The fraction of sp³-hybridized carbons (Fsp3) is 0.133. The highest BCUT2D eigenvalue weighted by atomic mass is 19.4. The van der Waals surface area contributed by atoms with E-state index in [2.05, 4.69) is 30.6 Å². The number of hydrogen-bond donors (Lipinski definition) is 3. The predicted molar refractivity (Wildman–Crippen MR) is 154 cm³/mol. The molecule has 3 heterocycles. The van der Waals surface area contributed by atoms with Crippen LogP contribution in [-0.4, -0.2) is 41.5 Å². The van der Waals surface area contributed by atoms with E-state index in [9.17, 15) is 18.0 Å². The van der Waals surface area contributed by atoms with Crippen molar-refractivity contribution < 1.29 is 27.9 Å². The van der Waals surface area contributed by atoms with Crippen molar-refractivity contribution in [3.63, 3.8) is 0 Å². The van der Waals surface area contributed by atoms with E-state index in [1.165, 1.54) is 17.0 Å². The van der Waals surface area contributed by atoms with Gasteiger partial charge >= 0.3 is 6.18 Å². The topological polar surface area (TPSA) is 135 Å². The summed E-state index contributed by atoms with van der Waals surface area (Å²) < 4.78 is 42.3. The number of carbonyl (C=O) groups is 2. The van der Waals surface area contributed by atoms with Crippen LogP contribution in [0.2, 0.25) is 0 Å². The zero-order chi connectivity index (χ0) is 31.1. The first kappa shape index (κ1) is 30.4. The Hall–Kier alpha value is -5.59. The van der Waals surface area contributed by atoms with Gasteiger partial charge in [-0.15, -0.1) is 0 Å². The number of carboxylic acid groups (broad SMARTS) is 1. The standard InChI is InChI=1S/C28H22F3N7O.C2H4O2/c1-17-5-6-19(10-25(17)37-27-33-9-7-24(36-27)20-4-3-8-32-14-20)26(39)35-22-11-21(28(29,30)31)12-23(13-22)38-15-18(2)34-16-38;1-2(3)4/h3-16H,1-2H3,(H,35,39)(H,33,36,37);1H3,(H,3,4). The third-order valence-corrected chi connectivity index (χ3v) is 5.87. The highest BCUT2D eigenvalue weighted by Crippen LogP contribution is 2.33. The van der Waals surface area contributed by atoms with Gasteiger partial charge < -0.3 is 20.3 Å². The molecule has 43 heavy (non-hydrogen) atoms. The zero-order valence-electron chi connectivity index (χ0n) is 23.2. The molecule has 0 aliphatic rings. The Morgan fingerprint density at radius 1 is 0.977 bits per heavy atom. The first-order valence-corrected chi connectivity index (χ1v) is 12.7. The van der Waals surface area contributed by atoms with E-state index in [4.69, 9.17) is 9.90 Å². The van der Waals surface area contributed by atoms with Crippen LogP contribution < -0.4 is 10.6 Å². The van der Waals surface area contributed by atoms with Crippen LogP contribution in [0.3, 0.4) is 0 Å². The Balaban J connectivity index is 0.000000996. The lowest BCUT2D eigenvalue weighted by Gasteiger charge is -2.14. The second-order valence-electron chi connectivity index (χ2n) is 9.32. The van der Waals surface area contributed by atoms with Gasteiger partial charge in [-0.25, -0.2) is 15.0 Å². The summed E-state index contributed by atoms with van der Waals surface area (Å²) >= 11 is 0. The van der Waals surface area contributed by atoms with Gasteiger partial charge in [0.25, 0.3) is 11.9 Å². The summed E-state index contributed by atoms with van der Waals surface area (Å²) in [6, 6.07) is 13.7. The molecule has 0 unspecified atom stereocenters. The average molecular weight is 590 g/mol. The van der Waals surface area contributed by atoms with Crippen LogP contribution in [-0.2, 0) is 11.0 Å². The number of carbonyl (C=O) groups excluding carboxylic acids is 1. The number of alkyl halides is 3. The lowest BCUT2D eigenvalue weighted by atomic mass is 10.1. The second kappa shape index (κ2) is 12.9. The van der Waals surface area contributed by atoms with Gasteiger partial charge in [-0.2, -0.15) is 13.2 Å². The van der Waals surface area contributed by atoms with Gasteiger partial charge in [0.2, 0.25) is 5.95 Å². The predicted octanol–water partition coefficient (Wildman–Crippen LogP) is 6.45. The molecule has 3 N–H and O–H groups in total. The fourth-order valence-electron chi connectivity index (χ4n) is 3.87. The van der Waals surface area contributed by atoms with Crippen LogP contribution in [0.25, 0.3) is 16.9 Å². The number of nitrogens with one attached hydrogen (secondary N) is 2. The van der Waals surface area contributed by atoms with Crippen molar-refractivity contribution in [1.82, 2.24) is 24.5 Å². The van der Waals surface area contributed by atoms with E-state index >= 15 is 0 Å². The van der Waals surface area contributed by atoms with E-state index in [0.717, 1.165) is 30.2 Å². The van der Waals surface area contributed by atoms with Crippen molar-refractivity contribution >= 4 is 29.2 Å². The first-order valence-electron chi connectivity index (χ1n) is 12.7. The number of anilines is 3. The molecule has 3 aromatic heterocycles. The number of hydrogen-bond acceptors (Lipinski definition) is 7. The van der Waals surface area contributed by atoms with E-state index < -0.39 is 23.6 Å². The van der Waals surface area contributed by atoms with Crippen molar-refractivity contribution in [3.8, 4) is 16.9 Å². The van der Waals surface area contributed by atoms with E-state index in [0.29, 0.717) is 23.0 Å². The molecule has 0 fully saturated rings. The van der Waals surface area contributed by atoms with Gasteiger partial charge in [-0.3, -0.25) is 14.6 Å². The van der Waals surface area contributed by atoms with Crippen LogP contribution in [0.5, 0.6) is 0 Å². The molecule has 0 radical (unpaired) electrons. The monoisotopic (exact) mass is 589 g/mol. The maximum absolute atomic E-state index is 13.6. The molecule has 1 amide bonds. The molecule has 0 spiro atoms. The summed E-state index contributed by atoms with van der Waals surface area (Å²) in [6.07, 6.45) is 3.38. The van der Waals surface area contributed by atoms with Crippen LogP contribution in [0, 0.1) is 13.8 Å². The summed E-state index contributed by atoms with van der Waals surface area (Å²) in [5, 5.41) is 13.1. The maximum atomic E-state index is 13.6. The summed E-state index contributed by atoms with van der Waals surface area (Å²) in [6.45, 7) is 4.66. The molecular weight excluding hydrogens is 563 g/mol. The van der Waals surface area contributed by atoms with Crippen LogP contribution in [0.4, 0.5) is 30.5 Å².